The monoisotopic (exact) mass is 350 g/mol. The summed E-state index contributed by atoms with van der Waals surface area (Å²) in [5.74, 6) is 0.981. The van der Waals surface area contributed by atoms with Gasteiger partial charge in [0, 0.05) is 12.3 Å². The van der Waals surface area contributed by atoms with E-state index in [-0.39, 0.29) is 23.5 Å². The molecule has 25 heavy (non-hydrogen) atoms. The highest BCUT2D eigenvalue weighted by Gasteiger charge is 2.51. The van der Waals surface area contributed by atoms with Crippen LogP contribution in [0, 0.1) is 0 Å². The zero-order valence-electron chi connectivity index (χ0n) is 14.1. The largest absolute Gasteiger partial charge is 0.322 e. The van der Waals surface area contributed by atoms with Crippen molar-refractivity contribution in [3.63, 3.8) is 0 Å². The summed E-state index contributed by atoms with van der Waals surface area (Å²) in [5, 5.41) is 0.117. The number of fused-ring (bicyclic) bond motifs is 1. The molecule has 4 heteroatoms. The van der Waals surface area contributed by atoms with Gasteiger partial charge in [0.1, 0.15) is 5.37 Å². The number of urea groups is 1. The summed E-state index contributed by atoms with van der Waals surface area (Å²) in [6, 6.07) is 21.2. The Kier molecular flexibility index (Phi) is 4.53. The van der Waals surface area contributed by atoms with Crippen molar-refractivity contribution in [2.75, 3.05) is 5.75 Å². The van der Waals surface area contributed by atoms with Crippen LogP contribution in [0.25, 0.3) is 0 Å². The Hall–Kier alpha value is -2.20. The van der Waals surface area contributed by atoms with Crippen molar-refractivity contribution in [2.45, 2.75) is 30.4 Å². The van der Waals surface area contributed by atoms with Gasteiger partial charge in [-0.25, -0.2) is 4.79 Å². The zero-order valence-corrected chi connectivity index (χ0v) is 14.9. The van der Waals surface area contributed by atoms with Crippen LogP contribution in [-0.2, 0) is 6.54 Å². The average molecular weight is 350 g/mol. The molecule has 2 aliphatic rings. The minimum atomic E-state index is 0.117. The normalized spacial score (nSPS) is 25.3. The Morgan fingerprint density at radius 2 is 1.76 bits per heavy atom. The van der Waals surface area contributed by atoms with E-state index in [1.165, 1.54) is 11.1 Å². The highest BCUT2D eigenvalue weighted by Crippen LogP contribution is 2.47. The van der Waals surface area contributed by atoms with Crippen LogP contribution in [0.2, 0.25) is 0 Å². The molecule has 0 N–H and O–H groups in total. The Morgan fingerprint density at radius 3 is 2.44 bits per heavy atom. The van der Waals surface area contributed by atoms with Crippen LogP contribution < -0.4 is 0 Å². The molecule has 0 aromatic heterocycles. The summed E-state index contributed by atoms with van der Waals surface area (Å²) in [6.07, 6.45) is 2.78. The summed E-state index contributed by atoms with van der Waals surface area (Å²) in [4.78, 5) is 17.4. The first-order chi connectivity index (χ1) is 12.3. The van der Waals surface area contributed by atoms with Gasteiger partial charge in [-0.3, -0.25) is 0 Å². The summed E-state index contributed by atoms with van der Waals surface area (Å²) >= 11 is 1.87. The number of amides is 2. The highest BCUT2D eigenvalue weighted by molar-refractivity contribution is 7.99. The van der Waals surface area contributed by atoms with Crippen LogP contribution in [0.1, 0.15) is 22.9 Å². The fourth-order valence-corrected chi connectivity index (χ4v) is 5.37. The number of rotatable bonds is 5. The lowest BCUT2D eigenvalue weighted by Gasteiger charge is -2.25. The van der Waals surface area contributed by atoms with Crippen molar-refractivity contribution in [2.24, 2.45) is 0 Å². The lowest BCUT2D eigenvalue weighted by atomic mass is 10.0. The second kappa shape index (κ2) is 6.96. The third kappa shape index (κ3) is 2.95. The number of benzene rings is 2. The Labute approximate surface area is 153 Å². The molecule has 2 amide bonds. The zero-order chi connectivity index (χ0) is 17.2. The van der Waals surface area contributed by atoms with Gasteiger partial charge in [-0.1, -0.05) is 66.7 Å². The van der Waals surface area contributed by atoms with E-state index in [0.717, 1.165) is 12.2 Å². The van der Waals surface area contributed by atoms with Crippen molar-refractivity contribution >= 4 is 17.8 Å². The topological polar surface area (TPSA) is 23.6 Å². The third-order valence-corrected chi connectivity index (χ3v) is 6.38. The second-order valence-electron chi connectivity index (χ2n) is 6.56. The van der Waals surface area contributed by atoms with Crippen LogP contribution in [0.5, 0.6) is 0 Å². The number of nitrogens with zero attached hydrogens (tertiary/aromatic N) is 2. The SMILES string of the molecule is C=CCC1C2CS[C@@H](c3ccccc3)N2C(=O)N1Cc1ccccc1. The molecule has 2 aliphatic heterocycles. The molecule has 2 fully saturated rings. The molecule has 2 aromatic rings. The first kappa shape index (κ1) is 16.3. The molecular weight excluding hydrogens is 328 g/mol. The minimum absolute atomic E-state index is 0.117. The number of hydrogen-bond acceptors (Lipinski definition) is 2. The fourth-order valence-electron chi connectivity index (χ4n) is 3.86. The Morgan fingerprint density at radius 1 is 1.08 bits per heavy atom. The van der Waals surface area contributed by atoms with Crippen molar-refractivity contribution in [1.82, 2.24) is 9.80 Å². The van der Waals surface area contributed by atoms with Crippen LogP contribution in [0.4, 0.5) is 4.79 Å². The highest BCUT2D eigenvalue weighted by atomic mass is 32.2. The molecular formula is C21H22N2OS. The fraction of sp³-hybridized carbons (Fsp3) is 0.286. The number of hydrogen-bond donors (Lipinski definition) is 0. The van der Waals surface area contributed by atoms with Gasteiger partial charge in [0.15, 0.2) is 0 Å². The van der Waals surface area contributed by atoms with Crippen LogP contribution in [0.3, 0.4) is 0 Å². The van der Waals surface area contributed by atoms with E-state index in [0.29, 0.717) is 6.54 Å². The molecule has 3 atom stereocenters. The quantitative estimate of drug-likeness (QED) is 0.731. The van der Waals surface area contributed by atoms with Gasteiger partial charge in [-0.15, -0.1) is 18.3 Å². The number of carbonyl (C=O) groups excluding carboxylic acids is 1. The molecule has 0 aliphatic carbocycles. The standard InChI is InChI=1S/C21H22N2OS/c1-2-9-18-19-15-25-20(17-12-7-4-8-13-17)23(19)21(24)22(18)14-16-10-5-3-6-11-16/h2-8,10-13,18-20H,1,9,14-15H2/t18?,19?,20-/m0/s1. The molecule has 3 nitrogen and oxygen atoms in total. The molecule has 0 saturated carbocycles. The average Bonchev–Trinajstić information content (AvgIpc) is 3.19. The maximum absolute atomic E-state index is 13.3. The molecule has 4 rings (SSSR count). The van der Waals surface area contributed by atoms with Gasteiger partial charge in [-0.05, 0) is 17.5 Å². The third-order valence-electron chi connectivity index (χ3n) is 5.03. The van der Waals surface area contributed by atoms with E-state index >= 15 is 0 Å². The van der Waals surface area contributed by atoms with Crippen LogP contribution in [0.15, 0.2) is 73.3 Å². The first-order valence-corrected chi connectivity index (χ1v) is 9.75. The summed E-state index contributed by atoms with van der Waals surface area (Å²) < 4.78 is 0. The molecule has 2 aromatic carbocycles. The van der Waals surface area contributed by atoms with E-state index in [4.69, 9.17) is 0 Å². The molecule has 2 heterocycles. The first-order valence-electron chi connectivity index (χ1n) is 8.70. The maximum Gasteiger partial charge on any atom is 0.322 e. The van der Waals surface area contributed by atoms with Gasteiger partial charge < -0.3 is 9.80 Å². The van der Waals surface area contributed by atoms with Crippen LogP contribution in [-0.4, -0.2) is 33.7 Å². The van der Waals surface area contributed by atoms with E-state index in [1.54, 1.807) is 0 Å². The van der Waals surface area contributed by atoms with E-state index in [9.17, 15) is 4.79 Å². The van der Waals surface area contributed by atoms with E-state index in [2.05, 4.69) is 35.7 Å². The van der Waals surface area contributed by atoms with Crippen molar-refractivity contribution in [1.29, 1.82) is 0 Å². The summed E-state index contributed by atoms with van der Waals surface area (Å²) in [6.45, 7) is 4.58. The number of thioether (sulfide) groups is 1. The lowest BCUT2D eigenvalue weighted by Crippen LogP contribution is -2.36. The molecule has 0 spiro atoms. The molecule has 128 valence electrons. The van der Waals surface area contributed by atoms with Crippen molar-refractivity contribution in [3.05, 3.63) is 84.4 Å². The number of carbonyl (C=O) groups is 1. The predicted octanol–water partition coefficient (Wildman–Crippen LogP) is 4.68. The van der Waals surface area contributed by atoms with E-state index in [1.807, 2.05) is 59.1 Å². The van der Waals surface area contributed by atoms with Gasteiger partial charge in [-0.2, -0.15) is 0 Å². The van der Waals surface area contributed by atoms with Crippen molar-refractivity contribution in [3.8, 4) is 0 Å². The Balaban J connectivity index is 1.63. The maximum atomic E-state index is 13.3. The molecule has 2 unspecified atom stereocenters. The summed E-state index contributed by atoms with van der Waals surface area (Å²) in [5.41, 5.74) is 2.39. The van der Waals surface area contributed by atoms with E-state index < -0.39 is 0 Å². The molecule has 0 radical (unpaired) electrons. The lowest BCUT2D eigenvalue weighted by molar-refractivity contribution is 0.181. The van der Waals surface area contributed by atoms with Gasteiger partial charge in [0.05, 0.1) is 12.1 Å². The van der Waals surface area contributed by atoms with Gasteiger partial charge in [0.2, 0.25) is 0 Å². The minimum Gasteiger partial charge on any atom is -0.315 e. The molecule has 2 saturated heterocycles. The summed E-state index contributed by atoms with van der Waals surface area (Å²) in [7, 11) is 0. The second-order valence-corrected chi connectivity index (χ2v) is 7.67. The predicted molar refractivity (Wildman–Crippen MR) is 103 cm³/mol. The van der Waals surface area contributed by atoms with Crippen LogP contribution >= 0.6 is 11.8 Å². The van der Waals surface area contributed by atoms with Gasteiger partial charge >= 0.3 is 6.03 Å². The Bertz CT molecular complexity index is 749. The van der Waals surface area contributed by atoms with Crippen molar-refractivity contribution < 1.29 is 4.79 Å². The smallest absolute Gasteiger partial charge is 0.315 e. The van der Waals surface area contributed by atoms with Gasteiger partial charge in [0.25, 0.3) is 0 Å². The molecule has 0 bridgehead atoms.